The first-order valence-corrected chi connectivity index (χ1v) is 11.9. The van der Waals surface area contributed by atoms with Crippen LogP contribution < -0.4 is 9.55 Å². The first-order chi connectivity index (χ1) is 17.7. The average Bonchev–Trinajstić information content (AvgIpc) is 2.97. The summed E-state index contributed by atoms with van der Waals surface area (Å²) in [6.07, 6.45) is 4.03. The summed E-state index contributed by atoms with van der Waals surface area (Å²) in [6, 6.07) is 41.2. The summed E-state index contributed by atoms with van der Waals surface area (Å²) in [7, 11) is 0. The Bertz CT molecular complexity index is 1470. The van der Waals surface area contributed by atoms with Crippen molar-refractivity contribution in [2.45, 2.75) is 13.8 Å². The zero-order chi connectivity index (χ0) is 24.9. The molecule has 0 unspecified atom stereocenters. The van der Waals surface area contributed by atoms with E-state index in [-0.39, 0.29) is 45.5 Å². The van der Waals surface area contributed by atoms with Crippen LogP contribution in [0.5, 0.6) is 0 Å². The third-order valence-electron chi connectivity index (χ3n) is 6.52. The fourth-order valence-electron chi connectivity index (χ4n) is 4.46. The monoisotopic (exact) mass is 552 g/mol. The van der Waals surface area contributed by atoms with Crippen molar-refractivity contribution in [1.29, 1.82) is 5.26 Å². The molecule has 0 radical (unpaired) electrons. The molecule has 0 bridgehead atoms. The summed E-state index contributed by atoms with van der Waals surface area (Å²) in [5.74, 6) is 1.36. The van der Waals surface area contributed by atoms with Crippen LogP contribution >= 0.6 is 0 Å². The van der Waals surface area contributed by atoms with Gasteiger partial charge in [0.05, 0.1) is 23.5 Å². The maximum atomic E-state index is 8.83. The average molecular weight is 552 g/mol. The van der Waals surface area contributed by atoms with Crippen molar-refractivity contribution < 1.29 is 9.55 Å². The molecule has 1 aliphatic rings. The van der Waals surface area contributed by atoms with Gasteiger partial charge in [-0.05, 0) is 30.7 Å². The molecule has 5 aromatic rings. The van der Waals surface area contributed by atoms with E-state index in [1.165, 1.54) is 28.8 Å². The minimum Gasteiger partial charge on any atom is -0.345 e. The van der Waals surface area contributed by atoms with Gasteiger partial charge in [-0.3, -0.25) is 4.98 Å². The van der Waals surface area contributed by atoms with Gasteiger partial charge in [-0.1, -0.05) is 55.0 Å². The minimum absolute atomic E-state index is 0. The largest absolute Gasteiger partial charge is 2.00 e. The number of H-pyrrole nitrogens is 1. The first-order valence-electron chi connectivity index (χ1n) is 11.9. The number of nitrogens with one attached hydrogen (secondary N) is 1. The van der Waals surface area contributed by atoms with Gasteiger partial charge in [0.25, 0.3) is 0 Å². The van der Waals surface area contributed by atoms with Crippen LogP contribution in [0.1, 0.15) is 25.0 Å². The topological polar surface area (TPSA) is 41.8 Å². The SMILES string of the molecule is C[C-]1c2ccccc2-c2cccc[n+]2[C-]1C.N#Cc1ccc(-c2cc[c-]c(-c3cccc[nH+]3)c2)cc1.[Sr+2]. The summed E-state index contributed by atoms with van der Waals surface area (Å²) in [6.45, 7) is 4.37. The van der Waals surface area contributed by atoms with Gasteiger partial charge < -0.3 is 4.57 Å². The van der Waals surface area contributed by atoms with Crippen molar-refractivity contribution in [2.24, 2.45) is 0 Å². The van der Waals surface area contributed by atoms with Crippen LogP contribution in [0.3, 0.4) is 0 Å². The maximum Gasteiger partial charge on any atom is 2.00 e. The first kappa shape index (κ1) is 26.7. The van der Waals surface area contributed by atoms with Crippen molar-refractivity contribution in [3.05, 3.63) is 145 Å². The van der Waals surface area contributed by atoms with E-state index in [4.69, 9.17) is 5.26 Å². The molecule has 0 amide bonds. The Morgan fingerprint density at radius 2 is 1.59 bits per heavy atom. The van der Waals surface area contributed by atoms with Crippen LogP contribution in [0.2, 0.25) is 0 Å². The van der Waals surface area contributed by atoms with Gasteiger partial charge in [0, 0.05) is 12.1 Å². The zero-order valence-corrected chi connectivity index (χ0v) is 24.5. The summed E-state index contributed by atoms with van der Waals surface area (Å²) in [4.78, 5) is 3.21. The molecule has 37 heavy (non-hydrogen) atoms. The van der Waals surface area contributed by atoms with Gasteiger partial charge in [0.2, 0.25) is 0 Å². The summed E-state index contributed by atoms with van der Waals surface area (Å²) >= 11 is 0. The molecule has 0 fully saturated rings. The van der Waals surface area contributed by atoms with E-state index in [0.29, 0.717) is 5.56 Å². The zero-order valence-electron chi connectivity index (χ0n) is 21.1. The molecule has 1 N–H and O–H groups in total. The van der Waals surface area contributed by atoms with Crippen LogP contribution in [-0.2, 0) is 0 Å². The number of aromatic nitrogens is 2. The van der Waals surface area contributed by atoms with E-state index in [0.717, 1.165) is 22.4 Å². The molecule has 2 aromatic heterocycles. The minimum atomic E-state index is 0. The number of pyridine rings is 2. The number of rotatable bonds is 2. The van der Waals surface area contributed by atoms with E-state index in [1.54, 1.807) is 0 Å². The van der Waals surface area contributed by atoms with Crippen LogP contribution in [0, 0.1) is 29.4 Å². The van der Waals surface area contributed by atoms with Gasteiger partial charge >= 0.3 is 45.5 Å². The number of aromatic amines is 1. The summed E-state index contributed by atoms with van der Waals surface area (Å²) in [5, 5.41) is 8.83. The molecule has 174 valence electrons. The molecule has 0 atom stereocenters. The van der Waals surface area contributed by atoms with Crippen molar-refractivity contribution in [3.63, 3.8) is 0 Å². The van der Waals surface area contributed by atoms with E-state index in [1.807, 2.05) is 60.8 Å². The van der Waals surface area contributed by atoms with Gasteiger partial charge in [-0.25, -0.2) is 0 Å². The van der Waals surface area contributed by atoms with Gasteiger partial charge in [0.1, 0.15) is 5.69 Å². The Labute approximate surface area is 256 Å². The fourth-order valence-corrected chi connectivity index (χ4v) is 4.46. The van der Waals surface area contributed by atoms with Crippen LogP contribution in [0.25, 0.3) is 33.6 Å². The Kier molecular flexibility index (Phi) is 8.87. The van der Waals surface area contributed by atoms with Crippen LogP contribution in [-0.4, -0.2) is 45.5 Å². The molecule has 1 aliphatic heterocycles. The van der Waals surface area contributed by atoms with Gasteiger partial charge in [0.15, 0.2) is 6.20 Å². The second kappa shape index (κ2) is 12.3. The van der Waals surface area contributed by atoms with E-state index in [9.17, 15) is 0 Å². The van der Waals surface area contributed by atoms with Crippen molar-refractivity contribution in [2.75, 3.05) is 0 Å². The number of benzene rings is 3. The summed E-state index contributed by atoms with van der Waals surface area (Å²) < 4.78 is 2.26. The molecule has 0 spiro atoms. The van der Waals surface area contributed by atoms with Gasteiger partial charge in [-0.15, -0.1) is 53.4 Å². The quantitative estimate of drug-likeness (QED) is 0.148. The molecule has 0 saturated carbocycles. The van der Waals surface area contributed by atoms with E-state index in [2.05, 4.69) is 90.3 Å². The molecule has 0 aliphatic carbocycles. The second-order valence-electron chi connectivity index (χ2n) is 8.67. The third kappa shape index (κ3) is 5.82. The number of hydrogen-bond donors (Lipinski definition) is 0. The molecule has 3 nitrogen and oxygen atoms in total. The molecule has 6 rings (SSSR count). The Morgan fingerprint density at radius 3 is 2.35 bits per heavy atom. The van der Waals surface area contributed by atoms with Crippen LogP contribution in [0.4, 0.5) is 0 Å². The molecule has 0 saturated heterocycles. The molecule has 3 heterocycles. The molecular formula is C33H26N3Sr+. The van der Waals surface area contributed by atoms with Crippen molar-refractivity contribution in [1.82, 2.24) is 0 Å². The van der Waals surface area contributed by atoms with E-state index >= 15 is 0 Å². The molecule has 4 heteroatoms. The van der Waals surface area contributed by atoms with Crippen molar-refractivity contribution in [3.8, 4) is 39.7 Å². The Morgan fingerprint density at radius 1 is 0.838 bits per heavy atom. The smallest absolute Gasteiger partial charge is 0.345 e. The predicted molar refractivity (Wildman–Crippen MR) is 148 cm³/mol. The van der Waals surface area contributed by atoms with Gasteiger partial charge in [-0.2, -0.15) is 16.9 Å². The Hall–Kier alpha value is -3.33. The number of nitriles is 1. The maximum absolute atomic E-state index is 8.83. The molecule has 3 aromatic carbocycles. The predicted octanol–water partition coefficient (Wildman–Crippen LogP) is 6.12. The Balaban J connectivity index is 0.000000172. The van der Waals surface area contributed by atoms with Crippen LogP contribution in [0.15, 0.2) is 116 Å². The fraction of sp³-hybridized carbons (Fsp3) is 0.0606. The normalized spacial score (nSPS) is 11.2. The van der Waals surface area contributed by atoms with E-state index < -0.39 is 0 Å². The second-order valence-corrected chi connectivity index (χ2v) is 8.67. The third-order valence-corrected chi connectivity index (χ3v) is 6.52. The summed E-state index contributed by atoms with van der Waals surface area (Å²) in [5.41, 5.74) is 8.89. The number of hydrogen-bond acceptors (Lipinski definition) is 1. The molecular weight excluding hydrogens is 526 g/mol. The standard InChI is InChI=1S/C18H11N2.C15H14N.Sr/c19-13-14-7-9-15(10-8-14)16-4-3-5-17(12-16)18-6-1-2-11-20-18;1-11-12(2)16-10-6-5-9-15(16)14-8-4-3-7-13(11)14;/h1-4,6-12H;3-10H,1-2H3;/q2*-1;+2/p+1. The van der Waals surface area contributed by atoms with Crippen molar-refractivity contribution >= 4 is 45.5 Å². The number of nitrogens with zero attached hydrogens (tertiary/aromatic N) is 2. The number of fused-ring (bicyclic) bond motifs is 3.